The second-order valence-electron chi connectivity index (χ2n) is 17.2. The number of hydrazone groups is 1. The molecule has 0 aliphatic carbocycles. The van der Waals surface area contributed by atoms with E-state index in [1.165, 1.54) is 5.57 Å². The molecule has 0 radical (unpaired) electrons. The van der Waals surface area contributed by atoms with Gasteiger partial charge in [-0.2, -0.15) is 5.10 Å². The van der Waals surface area contributed by atoms with Crippen LogP contribution in [0.1, 0.15) is 79.7 Å². The van der Waals surface area contributed by atoms with Crippen molar-refractivity contribution in [2.24, 2.45) is 11.0 Å². The summed E-state index contributed by atoms with van der Waals surface area (Å²) in [6, 6.07) is 8.39. The molecule has 2 aliphatic rings. The minimum atomic E-state index is -2.10. The molecule has 1 aromatic carbocycles. The summed E-state index contributed by atoms with van der Waals surface area (Å²) in [5.41, 5.74) is 6.89. The lowest BCUT2D eigenvalue weighted by Gasteiger charge is -2.39. The van der Waals surface area contributed by atoms with E-state index in [1.807, 2.05) is 26.0 Å². The van der Waals surface area contributed by atoms with E-state index in [-0.39, 0.29) is 35.3 Å². The third kappa shape index (κ3) is 13.5. The Balaban J connectivity index is 1.90. The monoisotopic (exact) mass is 728 g/mol. The molecule has 2 aliphatic heterocycles. The summed E-state index contributed by atoms with van der Waals surface area (Å²) in [5, 5.41) is 7.34. The highest BCUT2D eigenvalue weighted by Crippen LogP contribution is 2.38. The molecular weight excluding hydrogens is 661 g/mol. The Morgan fingerprint density at radius 1 is 1.12 bits per heavy atom. The van der Waals surface area contributed by atoms with Gasteiger partial charge in [0.1, 0.15) is 26.0 Å². The number of ether oxygens (including phenoxy) is 5. The Hall–Kier alpha value is -1.98. The van der Waals surface area contributed by atoms with Crippen molar-refractivity contribution in [3.05, 3.63) is 41.5 Å². The largest absolute Gasteiger partial charge is 0.497 e. The van der Waals surface area contributed by atoms with Crippen molar-refractivity contribution in [2.75, 3.05) is 34.0 Å². The Morgan fingerprint density at radius 3 is 2.40 bits per heavy atom. The molecule has 282 valence electrons. The summed E-state index contributed by atoms with van der Waals surface area (Å²) >= 11 is 0. The van der Waals surface area contributed by atoms with E-state index in [2.05, 4.69) is 102 Å². The van der Waals surface area contributed by atoms with Crippen molar-refractivity contribution >= 4 is 22.1 Å². The summed E-state index contributed by atoms with van der Waals surface area (Å²) in [7, 11) is -0.282. The maximum absolute atomic E-state index is 7.02. The fourth-order valence-electron chi connectivity index (χ4n) is 5.97. The van der Waals surface area contributed by atoms with Gasteiger partial charge in [-0.05, 0) is 75.9 Å². The van der Waals surface area contributed by atoms with Crippen molar-refractivity contribution in [2.45, 2.75) is 149 Å². The molecule has 0 spiro atoms. The first-order chi connectivity index (χ1) is 23.2. The quantitative estimate of drug-likeness (QED) is 0.102. The lowest BCUT2D eigenvalue weighted by atomic mass is 9.94. The van der Waals surface area contributed by atoms with Crippen LogP contribution in [0, 0.1) is 17.4 Å². The number of hydrogen-bond donors (Lipinski definition) is 0. The highest BCUT2D eigenvalue weighted by molar-refractivity contribution is 6.83. The number of nitrogens with zero attached hydrogens (tertiary/aromatic N) is 2. The summed E-state index contributed by atoms with van der Waals surface area (Å²) in [6.45, 7) is 29.3. The number of rotatable bonds is 15. The fourth-order valence-corrected chi connectivity index (χ4v) is 7.78. The topological polar surface area (TPSA) is 71.0 Å². The second kappa shape index (κ2) is 18.2. The van der Waals surface area contributed by atoms with Gasteiger partial charge in [0.05, 0.1) is 44.8 Å². The Bertz CT molecular complexity index is 1340. The van der Waals surface area contributed by atoms with Gasteiger partial charge in [0.2, 0.25) is 0 Å². The molecular formula is C40H68N2O6Si2. The highest BCUT2D eigenvalue weighted by atomic mass is 28.4. The SMILES string of the molecule is COC[C@H]1CCCN1/N=C1\COC(C)(C)O[C@@H]1C/C(C)=C/[C@H](C)[C@@H](C[C@@H](C#C[Si](C)(C)C)O[Si](C)(C)C(C)(C)C)OCc1ccc(OC)cc1. The van der Waals surface area contributed by atoms with Crippen LogP contribution >= 0.6 is 0 Å². The van der Waals surface area contributed by atoms with Gasteiger partial charge in [-0.25, -0.2) is 0 Å². The Labute approximate surface area is 306 Å². The Kier molecular flexibility index (Phi) is 15.4. The van der Waals surface area contributed by atoms with Gasteiger partial charge >= 0.3 is 0 Å². The van der Waals surface area contributed by atoms with Crippen molar-refractivity contribution in [3.63, 3.8) is 0 Å². The van der Waals surface area contributed by atoms with E-state index in [1.54, 1.807) is 14.2 Å². The number of benzene rings is 1. The first-order valence-electron chi connectivity index (χ1n) is 18.5. The van der Waals surface area contributed by atoms with Crippen molar-refractivity contribution < 1.29 is 28.1 Å². The smallest absolute Gasteiger partial charge is 0.193 e. The maximum Gasteiger partial charge on any atom is 0.193 e. The highest BCUT2D eigenvalue weighted by Gasteiger charge is 2.40. The predicted octanol–water partition coefficient (Wildman–Crippen LogP) is 8.83. The zero-order valence-corrected chi connectivity index (χ0v) is 35.8. The summed E-state index contributed by atoms with van der Waals surface area (Å²) in [5.74, 6) is 3.87. The van der Waals surface area contributed by atoms with Crippen molar-refractivity contribution in [3.8, 4) is 17.2 Å². The van der Waals surface area contributed by atoms with Gasteiger partial charge in [0.25, 0.3) is 0 Å². The van der Waals surface area contributed by atoms with E-state index in [4.69, 9.17) is 33.2 Å². The molecule has 1 aromatic rings. The maximum atomic E-state index is 7.02. The first-order valence-corrected chi connectivity index (χ1v) is 24.9. The molecule has 0 unspecified atom stereocenters. The van der Waals surface area contributed by atoms with Crippen LogP contribution in [0.5, 0.6) is 5.75 Å². The molecule has 8 nitrogen and oxygen atoms in total. The molecule has 10 heteroatoms. The molecule has 0 N–H and O–H groups in total. The minimum Gasteiger partial charge on any atom is -0.497 e. The fraction of sp³-hybridized carbons (Fsp3) is 0.725. The molecule has 0 amide bonds. The Morgan fingerprint density at radius 2 is 1.80 bits per heavy atom. The van der Waals surface area contributed by atoms with E-state index >= 15 is 0 Å². The van der Waals surface area contributed by atoms with Crippen LogP contribution in [0.3, 0.4) is 0 Å². The molecule has 2 heterocycles. The molecule has 0 aromatic heterocycles. The summed E-state index contributed by atoms with van der Waals surface area (Å²) in [4.78, 5) is 0. The molecule has 2 fully saturated rings. The summed E-state index contributed by atoms with van der Waals surface area (Å²) in [6.07, 6.45) is 5.45. The second-order valence-corrected chi connectivity index (χ2v) is 26.7. The van der Waals surface area contributed by atoms with E-state index < -0.39 is 22.2 Å². The molecule has 3 rings (SSSR count). The van der Waals surface area contributed by atoms with Crippen LogP contribution < -0.4 is 4.74 Å². The van der Waals surface area contributed by atoms with Crippen LogP contribution in [0.25, 0.3) is 0 Å². The number of methoxy groups -OCH3 is 2. The average molecular weight is 729 g/mol. The lowest BCUT2D eigenvalue weighted by Crippen LogP contribution is -2.47. The normalized spacial score (nSPS) is 23.0. The average Bonchev–Trinajstić information content (AvgIpc) is 3.44. The number of hydrogen-bond acceptors (Lipinski definition) is 8. The molecule has 5 atom stereocenters. The molecule has 0 bridgehead atoms. The summed E-state index contributed by atoms with van der Waals surface area (Å²) < 4.78 is 37.3. The van der Waals surface area contributed by atoms with Crippen LogP contribution in [-0.2, 0) is 30.0 Å². The van der Waals surface area contributed by atoms with E-state index in [0.717, 1.165) is 42.8 Å². The van der Waals surface area contributed by atoms with Gasteiger partial charge < -0.3 is 28.1 Å². The van der Waals surface area contributed by atoms with Crippen LogP contribution in [0.2, 0.25) is 37.8 Å². The van der Waals surface area contributed by atoms with Gasteiger partial charge in [0.15, 0.2) is 14.1 Å². The van der Waals surface area contributed by atoms with E-state index in [9.17, 15) is 0 Å². The van der Waals surface area contributed by atoms with E-state index in [0.29, 0.717) is 26.2 Å². The van der Waals surface area contributed by atoms with Gasteiger partial charge in [0, 0.05) is 26.0 Å². The van der Waals surface area contributed by atoms with Crippen molar-refractivity contribution in [1.82, 2.24) is 5.01 Å². The van der Waals surface area contributed by atoms with Crippen LogP contribution in [0.4, 0.5) is 0 Å². The van der Waals surface area contributed by atoms with Gasteiger partial charge in [-0.3, -0.25) is 5.01 Å². The van der Waals surface area contributed by atoms with Crippen LogP contribution in [0.15, 0.2) is 41.0 Å². The van der Waals surface area contributed by atoms with Crippen molar-refractivity contribution in [1.29, 1.82) is 0 Å². The zero-order valence-electron chi connectivity index (χ0n) is 33.8. The van der Waals surface area contributed by atoms with Gasteiger partial charge in [-0.15, -0.1) is 5.54 Å². The lowest BCUT2D eigenvalue weighted by molar-refractivity contribution is -0.234. The predicted molar refractivity (Wildman–Crippen MR) is 211 cm³/mol. The third-order valence-electron chi connectivity index (χ3n) is 9.89. The molecule has 0 saturated carbocycles. The molecule has 50 heavy (non-hydrogen) atoms. The standard InChI is InChI=1S/C40H68N2O6Si2/c1-30(25-38-36(29-46-40(6,7)47-38)41-42-22-15-16-33(42)28-43-8)24-31(2)37(45-27-32-17-19-34(44-9)20-18-32)26-35(21-23-49(10,11)12)48-50(13,14)39(3,4)5/h17-20,24,31,33,35,37-38H,15-16,22,25-29H2,1-14H3/b30-24+,41-36+/t31-,33+,35+,37+,38+/m0/s1. The van der Waals surface area contributed by atoms with Gasteiger partial charge in [-0.1, -0.05) is 77.0 Å². The van der Waals surface area contributed by atoms with Crippen LogP contribution in [-0.4, -0.2) is 91.2 Å². The molecule has 2 saturated heterocycles. The first kappa shape index (κ1) is 42.4. The third-order valence-corrected chi connectivity index (χ3v) is 15.3. The zero-order chi connectivity index (χ0) is 37.3. The minimum absolute atomic E-state index is 0.0725.